The summed E-state index contributed by atoms with van der Waals surface area (Å²) in [5, 5.41) is 5.07. The maximum Gasteiger partial charge on any atom is 0.0568 e. The smallest absolute Gasteiger partial charge is 0.0568 e. The van der Waals surface area contributed by atoms with E-state index in [0.717, 1.165) is 31.4 Å². The second kappa shape index (κ2) is 17.7. The number of rotatable bonds is 7. The van der Waals surface area contributed by atoms with Crippen molar-refractivity contribution in [3.63, 3.8) is 0 Å². The molecule has 0 saturated carbocycles. The lowest BCUT2D eigenvalue weighted by molar-refractivity contribution is 0.855. The van der Waals surface area contributed by atoms with E-state index >= 15 is 0 Å². The first-order chi connectivity index (χ1) is 28.8. The van der Waals surface area contributed by atoms with E-state index in [9.17, 15) is 0 Å². The van der Waals surface area contributed by atoms with Gasteiger partial charge in [-0.2, -0.15) is 0 Å². The third-order valence-corrected chi connectivity index (χ3v) is 11.3. The first-order valence-electron chi connectivity index (χ1n) is 21.1. The molecule has 2 aliphatic carbocycles. The Morgan fingerprint density at radius 3 is 1.52 bits per heavy atom. The average Bonchev–Trinajstić information content (AvgIpc) is 3.66. The van der Waals surface area contributed by atoms with Crippen molar-refractivity contribution in [3.8, 4) is 16.8 Å². The van der Waals surface area contributed by atoms with Crippen LogP contribution in [-0.2, 0) is 0 Å². The number of nitrogens with zero attached hydrogens (tertiary/aromatic N) is 2. The predicted molar refractivity (Wildman–Crippen MR) is 252 cm³/mol. The second-order valence-electron chi connectivity index (χ2n) is 14.4. The number of fused-ring (bicyclic) bond motifs is 5. The Bertz CT molecular complexity index is 2780. The molecule has 1 heterocycles. The highest BCUT2D eigenvalue weighted by Crippen LogP contribution is 2.45. The number of hydrogen-bond acceptors (Lipinski definition) is 1. The second-order valence-corrected chi connectivity index (χ2v) is 14.4. The zero-order valence-electron chi connectivity index (χ0n) is 34.2. The molecule has 0 atom stereocenters. The lowest BCUT2D eigenvalue weighted by Crippen LogP contribution is -2.18. The van der Waals surface area contributed by atoms with Crippen LogP contribution in [0.1, 0.15) is 58.9 Å². The molecule has 7 aromatic carbocycles. The molecule has 0 aliphatic heterocycles. The van der Waals surface area contributed by atoms with Crippen LogP contribution < -0.4 is 4.90 Å². The zero-order valence-corrected chi connectivity index (χ0v) is 34.2. The van der Waals surface area contributed by atoms with Crippen molar-refractivity contribution >= 4 is 49.5 Å². The molecule has 2 nitrogen and oxygen atoms in total. The van der Waals surface area contributed by atoms with Gasteiger partial charge in [-0.1, -0.05) is 179 Å². The van der Waals surface area contributed by atoms with Crippen LogP contribution in [0.5, 0.6) is 0 Å². The van der Waals surface area contributed by atoms with Gasteiger partial charge >= 0.3 is 0 Å². The summed E-state index contributed by atoms with van der Waals surface area (Å²) in [7, 11) is 0. The molecule has 0 saturated heterocycles. The lowest BCUT2D eigenvalue weighted by atomic mass is 9.86. The summed E-state index contributed by atoms with van der Waals surface area (Å²) in [6.45, 7) is 8.00. The van der Waals surface area contributed by atoms with Crippen LogP contribution >= 0.6 is 0 Å². The van der Waals surface area contributed by atoms with E-state index in [0.29, 0.717) is 0 Å². The van der Waals surface area contributed by atoms with Crippen LogP contribution in [0, 0.1) is 0 Å². The zero-order chi connectivity index (χ0) is 39.8. The van der Waals surface area contributed by atoms with Crippen molar-refractivity contribution < 1.29 is 0 Å². The molecule has 8 aromatic rings. The van der Waals surface area contributed by atoms with Gasteiger partial charge in [0.15, 0.2) is 0 Å². The summed E-state index contributed by atoms with van der Waals surface area (Å²) in [5.41, 5.74) is 15.4. The van der Waals surface area contributed by atoms with Crippen molar-refractivity contribution in [3.05, 3.63) is 217 Å². The first kappa shape index (κ1) is 38.2. The first-order valence-corrected chi connectivity index (χ1v) is 21.1. The normalized spacial score (nSPS) is 13.7. The van der Waals surface area contributed by atoms with Crippen molar-refractivity contribution in [2.24, 2.45) is 0 Å². The van der Waals surface area contributed by atoms with Crippen LogP contribution in [0.4, 0.5) is 11.4 Å². The van der Waals surface area contributed by atoms with E-state index in [1.54, 1.807) is 0 Å². The largest absolute Gasteiger partial charge is 0.314 e. The molecule has 2 aliphatic rings. The third kappa shape index (κ3) is 7.35. The molecule has 10 rings (SSSR count). The van der Waals surface area contributed by atoms with Gasteiger partial charge in [0, 0.05) is 33.2 Å². The highest BCUT2D eigenvalue weighted by atomic mass is 15.2. The summed E-state index contributed by atoms with van der Waals surface area (Å²) in [6, 6.07) is 61.7. The summed E-state index contributed by atoms with van der Waals surface area (Å²) < 4.78 is 2.46. The van der Waals surface area contributed by atoms with E-state index in [1.165, 1.54) is 83.1 Å². The van der Waals surface area contributed by atoms with Gasteiger partial charge in [0.05, 0.1) is 16.7 Å². The maximum atomic E-state index is 2.51. The maximum absolute atomic E-state index is 2.51. The number of benzene rings is 7. The number of aromatic nitrogens is 1. The van der Waals surface area contributed by atoms with E-state index in [4.69, 9.17) is 0 Å². The predicted octanol–water partition coefficient (Wildman–Crippen LogP) is 16.2. The number of allylic oxidation sites excluding steroid dienone is 8. The minimum absolute atomic E-state index is 0.962. The Hall–Kier alpha value is -6.64. The van der Waals surface area contributed by atoms with Gasteiger partial charge in [-0.05, 0) is 107 Å². The molecule has 0 bridgehead atoms. The van der Waals surface area contributed by atoms with Gasteiger partial charge in [-0.15, -0.1) is 0 Å². The topological polar surface area (TPSA) is 8.17 Å². The quantitative estimate of drug-likeness (QED) is 0.157. The van der Waals surface area contributed by atoms with Crippen molar-refractivity contribution in [1.82, 2.24) is 4.57 Å². The molecule has 2 heteroatoms. The minimum Gasteiger partial charge on any atom is -0.314 e. The van der Waals surface area contributed by atoms with Gasteiger partial charge in [-0.25, -0.2) is 0 Å². The molecular weight excluding hydrogens is 701 g/mol. The summed E-state index contributed by atoms with van der Waals surface area (Å²) in [5.74, 6) is 0. The summed E-state index contributed by atoms with van der Waals surface area (Å²) in [4.78, 5) is 2.51. The van der Waals surface area contributed by atoms with Gasteiger partial charge in [0.2, 0.25) is 0 Å². The van der Waals surface area contributed by atoms with E-state index < -0.39 is 0 Å². The highest BCUT2D eigenvalue weighted by Gasteiger charge is 2.24. The molecular formula is C56H52N2. The average molecular weight is 753 g/mol. The Balaban J connectivity index is 0.00000114. The van der Waals surface area contributed by atoms with Crippen LogP contribution in [0.25, 0.3) is 55.0 Å². The van der Waals surface area contributed by atoms with Crippen LogP contribution in [0.15, 0.2) is 211 Å². The highest BCUT2D eigenvalue weighted by molar-refractivity contribution is 6.24. The SMILES string of the molecule is C1=C(C2=CC=C(N(c3ccccc3)c3cc4c(c5ccccc35)c3ccccc3n4-c3ccc(-c4ccccc4)cc3)CC2)CCC(c2ccccc2)=C1.CC.CC. The Morgan fingerprint density at radius 1 is 0.397 bits per heavy atom. The molecule has 0 fully saturated rings. The summed E-state index contributed by atoms with van der Waals surface area (Å²) >= 11 is 0. The molecule has 0 radical (unpaired) electrons. The van der Waals surface area contributed by atoms with Gasteiger partial charge < -0.3 is 9.47 Å². The standard InChI is InChI=1S/C52H40N2.2C2H6/c1-4-14-37(15-5-1)39-24-26-40(27-25-39)42-28-32-44(33-29-42)53(43-18-8-3-9-19-43)50-36-51-52(47-21-11-10-20-46(47)50)48-22-12-13-23-49(48)54(51)45-34-30-41(31-35-45)38-16-6-2-7-17-38;2*1-2/h1-24,26,28,30-32,34-36H,25,27,29,33H2;2*1-2H3. The molecule has 58 heavy (non-hydrogen) atoms. The Labute approximate surface area is 344 Å². The van der Waals surface area contributed by atoms with Crippen LogP contribution in [-0.4, -0.2) is 4.57 Å². The van der Waals surface area contributed by atoms with Crippen molar-refractivity contribution in [2.45, 2.75) is 53.4 Å². The fourth-order valence-corrected chi connectivity index (χ4v) is 8.62. The molecule has 0 amide bonds. The van der Waals surface area contributed by atoms with Gasteiger partial charge in [0.25, 0.3) is 0 Å². The van der Waals surface area contributed by atoms with E-state index in [-0.39, 0.29) is 0 Å². The number of hydrogen-bond donors (Lipinski definition) is 0. The van der Waals surface area contributed by atoms with E-state index in [1.807, 2.05) is 27.7 Å². The number of para-hydroxylation sites is 2. The summed E-state index contributed by atoms with van der Waals surface area (Å²) in [6.07, 6.45) is 13.6. The fourth-order valence-electron chi connectivity index (χ4n) is 8.62. The Kier molecular flexibility index (Phi) is 11.6. The van der Waals surface area contributed by atoms with Crippen LogP contribution in [0.3, 0.4) is 0 Å². The Morgan fingerprint density at radius 2 is 0.897 bits per heavy atom. The molecule has 0 N–H and O–H groups in total. The van der Waals surface area contributed by atoms with Gasteiger partial charge in [-0.3, -0.25) is 0 Å². The van der Waals surface area contributed by atoms with Crippen molar-refractivity contribution in [2.75, 3.05) is 4.90 Å². The molecule has 0 spiro atoms. The molecule has 1 aromatic heterocycles. The monoisotopic (exact) mass is 752 g/mol. The van der Waals surface area contributed by atoms with E-state index in [2.05, 4.69) is 204 Å². The minimum atomic E-state index is 0.962. The lowest BCUT2D eigenvalue weighted by Gasteiger charge is -2.31. The third-order valence-electron chi connectivity index (χ3n) is 11.3. The molecule has 0 unspecified atom stereocenters. The number of anilines is 2. The van der Waals surface area contributed by atoms with Crippen LogP contribution in [0.2, 0.25) is 0 Å². The van der Waals surface area contributed by atoms with Crippen molar-refractivity contribution in [1.29, 1.82) is 0 Å². The van der Waals surface area contributed by atoms with Gasteiger partial charge in [0.1, 0.15) is 0 Å². The fraction of sp³-hybridized carbons (Fsp3) is 0.143. The molecule has 286 valence electrons.